The first-order valence-corrected chi connectivity index (χ1v) is 15.7. The smallest absolute Gasteiger partial charge is 0.320 e. The molecule has 11 heteroatoms. The predicted octanol–water partition coefficient (Wildman–Crippen LogP) is 4.42. The van der Waals surface area contributed by atoms with Crippen LogP contribution in [-0.2, 0) is 27.3 Å². The van der Waals surface area contributed by atoms with Gasteiger partial charge in [-0.3, -0.25) is 9.52 Å². The first-order valence-electron chi connectivity index (χ1n) is 13.8. The van der Waals surface area contributed by atoms with Crippen molar-refractivity contribution in [3.63, 3.8) is 0 Å². The Morgan fingerprint density at radius 2 is 1.76 bits per heavy atom. The van der Waals surface area contributed by atoms with Crippen LogP contribution in [0, 0.1) is 5.41 Å². The molecule has 1 aliphatic heterocycles. The maximum absolute atomic E-state index is 14.9. The van der Waals surface area contributed by atoms with E-state index in [1.165, 1.54) is 30.3 Å². The Balaban J connectivity index is 1.40. The Bertz CT molecular complexity index is 1330. The minimum atomic E-state index is -3.60. The number of aliphatic hydroxyl groups is 1. The first-order chi connectivity index (χ1) is 19.4. The van der Waals surface area contributed by atoms with Crippen molar-refractivity contribution in [1.82, 2.24) is 14.5 Å². The summed E-state index contributed by atoms with van der Waals surface area (Å²) in [4.78, 5) is 28.7. The van der Waals surface area contributed by atoms with Gasteiger partial charge in [0.1, 0.15) is 6.10 Å². The molecular formula is C30H37F2N3O5S. The number of hydrogen-bond acceptors (Lipinski definition) is 5. The third-order valence-electron chi connectivity index (χ3n) is 7.83. The van der Waals surface area contributed by atoms with Crippen molar-refractivity contribution in [3.05, 3.63) is 83.9 Å². The fraction of sp³-hybridized carbons (Fsp3) is 0.467. The van der Waals surface area contributed by atoms with E-state index in [9.17, 15) is 31.9 Å². The van der Waals surface area contributed by atoms with Crippen LogP contribution >= 0.6 is 0 Å². The van der Waals surface area contributed by atoms with Crippen molar-refractivity contribution in [1.29, 1.82) is 0 Å². The molecule has 1 saturated heterocycles. The van der Waals surface area contributed by atoms with Gasteiger partial charge >= 0.3 is 12.0 Å². The first kappa shape index (κ1) is 30.6. The molecular weight excluding hydrogens is 552 g/mol. The highest BCUT2D eigenvalue weighted by Gasteiger charge is 2.43. The summed E-state index contributed by atoms with van der Waals surface area (Å²) in [6, 6.07) is 15.9. The van der Waals surface area contributed by atoms with Gasteiger partial charge in [0.25, 0.3) is 0 Å². The van der Waals surface area contributed by atoms with Crippen LogP contribution in [0.2, 0.25) is 0 Å². The van der Waals surface area contributed by atoms with Crippen LogP contribution in [0.3, 0.4) is 0 Å². The van der Waals surface area contributed by atoms with Crippen molar-refractivity contribution in [2.24, 2.45) is 5.41 Å². The second-order valence-electron chi connectivity index (χ2n) is 11.1. The van der Waals surface area contributed by atoms with Gasteiger partial charge in [-0.05, 0) is 43.1 Å². The van der Waals surface area contributed by atoms with Crippen molar-refractivity contribution < 1.29 is 31.9 Å². The highest BCUT2D eigenvalue weighted by atomic mass is 32.2. The summed E-state index contributed by atoms with van der Waals surface area (Å²) in [6.07, 6.45) is 5.38. The van der Waals surface area contributed by atoms with Gasteiger partial charge < -0.3 is 14.9 Å². The Morgan fingerprint density at radius 3 is 2.37 bits per heavy atom. The van der Waals surface area contributed by atoms with Crippen LogP contribution in [0.25, 0.3) is 0 Å². The lowest BCUT2D eigenvalue weighted by Crippen LogP contribution is -2.36. The number of aliphatic hydroxyl groups excluding tert-OH is 1. The number of halogens is 2. The van der Waals surface area contributed by atoms with Gasteiger partial charge in [-0.25, -0.2) is 13.2 Å². The molecule has 222 valence electrons. The Labute approximate surface area is 240 Å². The van der Waals surface area contributed by atoms with Gasteiger partial charge in [0.05, 0.1) is 12.3 Å². The molecule has 1 heterocycles. The average molecular weight is 590 g/mol. The molecule has 1 saturated carbocycles. The highest BCUT2D eigenvalue weighted by molar-refractivity contribution is 7.89. The quantitative estimate of drug-likeness (QED) is 0.318. The highest BCUT2D eigenvalue weighted by Crippen LogP contribution is 2.53. The van der Waals surface area contributed by atoms with E-state index in [0.717, 1.165) is 37.2 Å². The standard InChI is InChI=1S/C30H37F2N3O5S/c1-41(39,40)33-27(37)15-17-29(18-19-29)16-8-20-35-25(22-34(28(35)38)21-23-9-4-2-5-10-23)13-14-26(36)30(31,32)24-11-6-3-7-12-24/h2-7,9-14,25-26,36H,8,15-22H2,1H3,(H,33,37)/t25-,26?/m0/s1. The lowest BCUT2D eigenvalue weighted by Gasteiger charge is -2.24. The van der Waals surface area contributed by atoms with Crippen molar-refractivity contribution in [2.45, 2.75) is 63.1 Å². The van der Waals surface area contributed by atoms with Crippen LogP contribution in [0.5, 0.6) is 0 Å². The summed E-state index contributed by atoms with van der Waals surface area (Å²) in [5, 5.41) is 10.4. The van der Waals surface area contributed by atoms with E-state index in [-0.39, 0.29) is 23.4 Å². The average Bonchev–Trinajstić information content (AvgIpc) is 3.65. The molecule has 2 aliphatic rings. The number of hydrogen-bond donors (Lipinski definition) is 2. The molecule has 0 radical (unpaired) electrons. The number of alkyl halides is 2. The van der Waals surface area contributed by atoms with Gasteiger partial charge in [0.2, 0.25) is 15.9 Å². The summed E-state index contributed by atoms with van der Waals surface area (Å²) in [5.74, 6) is -4.02. The van der Waals surface area contributed by atoms with Gasteiger partial charge in [0, 0.05) is 31.6 Å². The van der Waals surface area contributed by atoms with Crippen LogP contribution in [-0.4, -0.2) is 66.8 Å². The number of rotatable bonds is 14. The molecule has 41 heavy (non-hydrogen) atoms. The minimum Gasteiger partial charge on any atom is -0.382 e. The normalized spacial score (nSPS) is 19.5. The topological polar surface area (TPSA) is 107 Å². The fourth-order valence-corrected chi connectivity index (χ4v) is 5.85. The summed E-state index contributed by atoms with van der Waals surface area (Å²) >= 11 is 0. The van der Waals surface area contributed by atoms with Crippen molar-refractivity contribution >= 4 is 22.0 Å². The molecule has 2 atom stereocenters. The van der Waals surface area contributed by atoms with Crippen LogP contribution in [0.4, 0.5) is 13.6 Å². The molecule has 0 spiro atoms. The van der Waals surface area contributed by atoms with Crippen molar-refractivity contribution in [2.75, 3.05) is 19.3 Å². The molecule has 4 rings (SSSR count). The fourth-order valence-electron chi connectivity index (χ4n) is 5.34. The van der Waals surface area contributed by atoms with E-state index >= 15 is 0 Å². The van der Waals surface area contributed by atoms with Crippen LogP contribution in [0.15, 0.2) is 72.8 Å². The maximum Gasteiger partial charge on any atom is 0.320 e. The number of carbonyl (C=O) groups excluding carboxylic acids is 2. The van der Waals surface area contributed by atoms with Crippen LogP contribution < -0.4 is 4.72 Å². The molecule has 2 aromatic rings. The minimum absolute atomic E-state index is 0.0549. The van der Waals surface area contributed by atoms with Gasteiger partial charge in [-0.15, -0.1) is 0 Å². The molecule has 8 nitrogen and oxygen atoms in total. The van der Waals surface area contributed by atoms with Gasteiger partial charge in [-0.1, -0.05) is 72.8 Å². The number of nitrogens with zero attached hydrogens (tertiary/aromatic N) is 2. The number of amides is 3. The SMILES string of the molecule is CS(=O)(=O)NC(=O)CCC1(CCCN2C(=O)N(Cc3ccccc3)C[C@@H]2C=CC(O)C(F)(F)c2ccccc2)CC1. The zero-order valence-electron chi connectivity index (χ0n) is 23.1. The Morgan fingerprint density at radius 1 is 1.12 bits per heavy atom. The molecule has 2 fully saturated rings. The molecule has 0 aromatic heterocycles. The largest absolute Gasteiger partial charge is 0.382 e. The van der Waals surface area contributed by atoms with Gasteiger partial charge in [0.15, 0.2) is 0 Å². The summed E-state index contributed by atoms with van der Waals surface area (Å²) in [6.45, 7) is 1.06. The molecule has 1 unspecified atom stereocenters. The number of carbonyl (C=O) groups is 2. The third kappa shape index (κ3) is 8.36. The predicted molar refractivity (Wildman–Crippen MR) is 151 cm³/mol. The van der Waals surface area contributed by atoms with E-state index in [1.807, 2.05) is 35.1 Å². The molecule has 2 aromatic carbocycles. The van der Waals surface area contributed by atoms with E-state index in [4.69, 9.17) is 0 Å². The summed E-state index contributed by atoms with van der Waals surface area (Å²) in [7, 11) is -3.60. The molecule has 3 amide bonds. The second-order valence-corrected chi connectivity index (χ2v) is 12.9. The van der Waals surface area contributed by atoms with Crippen LogP contribution in [0.1, 0.15) is 49.7 Å². The third-order valence-corrected chi connectivity index (χ3v) is 8.43. The monoisotopic (exact) mass is 589 g/mol. The Kier molecular flexibility index (Phi) is 9.48. The second kappa shape index (κ2) is 12.7. The lowest BCUT2D eigenvalue weighted by atomic mass is 9.94. The summed E-state index contributed by atoms with van der Waals surface area (Å²) < 4.78 is 54.3. The number of benzene rings is 2. The summed E-state index contributed by atoms with van der Waals surface area (Å²) in [5.41, 5.74) is 0.605. The zero-order chi connectivity index (χ0) is 29.7. The molecule has 1 aliphatic carbocycles. The molecule has 0 bridgehead atoms. The van der Waals surface area contributed by atoms with E-state index in [2.05, 4.69) is 0 Å². The van der Waals surface area contributed by atoms with Crippen molar-refractivity contribution in [3.8, 4) is 0 Å². The van der Waals surface area contributed by atoms with E-state index in [0.29, 0.717) is 32.5 Å². The number of urea groups is 1. The Hall–Kier alpha value is -3.31. The van der Waals surface area contributed by atoms with E-state index < -0.39 is 34.0 Å². The molecule has 2 N–H and O–H groups in total. The van der Waals surface area contributed by atoms with E-state index in [1.54, 1.807) is 15.9 Å². The maximum atomic E-state index is 14.9. The zero-order valence-corrected chi connectivity index (χ0v) is 23.9. The number of sulfonamides is 1. The van der Waals surface area contributed by atoms with Gasteiger partial charge in [-0.2, -0.15) is 8.78 Å². The number of nitrogens with one attached hydrogen (secondary N) is 1. The lowest BCUT2D eigenvalue weighted by molar-refractivity contribution is -0.119.